The van der Waals surface area contributed by atoms with Crippen LogP contribution in [0.2, 0.25) is 0 Å². The quantitative estimate of drug-likeness (QED) is 0.451. The second-order valence-electron chi connectivity index (χ2n) is 2.81. The largest absolute Gasteiger partial charge is 0.268 e. The van der Waals surface area contributed by atoms with Crippen molar-refractivity contribution in [3.63, 3.8) is 0 Å². The molecular formula is C7H11N. The number of hydrogen-bond donors (Lipinski definition) is 0. The van der Waals surface area contributed by atoms with E-state index in [0.717, 1.165) is 0 Å². The number of aliphatic imine (C=N–C) groups is 1. The van der Waals surface area contributed by atoms with Crippen molar-refractivity contribution in [1.82, 2.24) is 0 Å². The highest BCUT2D eigenvalue weighted by Gasteiger charge is 2.19. The third-order valence-corrected chi connectivity index (χ3v) is 1.68. The lowest BCUT2D eigenvalue weighted by atomic mass is 9.89. The van der Waals surface area contributed by atoms with Gasteiger partial charge in [0.2, 0.25) is 0 Å². The molecule has 0 atom stereocenters. The van der Waals surface area contributed by atoms with Crippen molar-refractivity contribution in [3.8, 4) is 0 Å². The third-order valence-electron chi connectivity index (χ3n) is 1.68. The summed E-state index contributed by atoms with van der Waals surface area (Å²) in [4.78, 5) is 4.03. The summed E-state index contributed by atoms with van der Waals surface area (Å²) in [6.07, 6.45) is 3.89. The van der Waals surface area contributed by atoms with E-state index < -0.39 is 0 Å². The topological polar surface area (TPSA) is 12.4 Å². The van der Waals surface area contributed by atoms with Crippen LogP contribution in [0, 0.1) is 5.41 Å². The van der Waals surface area contributed by atoms with Gasteiger partial charge in [-0.3, -0.25) is 4.99 Å². The van der Waals surface area contributed by atoms with E-state index in [4.69, 9.17) is 0 Å². The molecule has 0 aromatic rings. The Labute approximate surface area is 50.1 Å². The predicted molar refractivity (Wildman–Crippen MR) is 36.0 cm³/mol. The van der Waals surface area contributed by atoms with Gasteiger partial charge in [-0.2, -0.15) is 0 Å². The second-order valence-corrected chi connectivity index (χ2v) is 2.81. The highest BCUT2D eigenvalue weighted by atomic mass is 14.7. The summed E-state index contributed by atoms with van der Waals surface area (Å²) in [5.74, 6) is 0. The molecule has 1 aliphatic rings. The Morgan fingerprint density at radius 1 is 1.50 bits per heavy atom. The van der Waals surface area contributed by atoms with Crippen molar-refractivity contribution >= 4 is 6.21 Å². The van der Waals surface area contributed by atoms with Gasteiger partial charge in [-0.15, -0.1) is 0 Å². The minimum absolute atomic E-state index is 0.222. The van der Waals surface area contributed by atoms with Gasteiger partial charge in [0.15, 0.2) is 0 Å². The van der Waals surface area contributed by atoms with Crippen molar-refractivity contribution in [2.45, 2.75) is 20.8 Å². The molecule has 0 radical (unpaired) electrons. The molecule has 0 saturated heterocycles. The van der Waals surface area contributed by atoms with Crippen molar-refractivity contribution in [2.24, 2.45) is 10.4 Å². The highest BCUT2D eigenvalue weighted by Crippen LogP contribution is 2.26. The van der Waals surface area contributed by atoms with Crippen LogP contribution in [0.1, 0.15) is 20.8 Å². The van der Waals surface area contributed by atoms with E-state index in [1.807, 2.05) is 12.4 Å². The second kappa shape index (κ2) is 1.44. The van der Waals surface area contributed by atoms with Crippen LogP contribution in [-0.2, 0) is 0 Å². The molecule has 0 aromatic carbocycles. The number of allylic oxidation sites excluding steroid dienone is 1. The van der Waals surface area contributed by atoms with Crippen LogP contribution < -0.4 is 0 Å². The minimum Gasteiger partial charge on any atom is -0.268 e. The summed E-state index contributed by atoms with van der Waals surface area (Å²) in [6, 6.07) is 0. The smallest absolute Gasteiger partial charge is 0.0262 e. The molecule has 1 aliphatic heterocycles. The summed E-state index contributed by atoms with van der Waals surface area (Å²) in [5.41, 5.74) is 1.57. The lowest BCUT2D eigenvalue weighted by Gasteiger charge is -2.13. The van der Waals surface area contributed by atoms with Gasteiger partial charge in [0.05, 0.1) is 0 Å². The standard InChI is InChI=1S/C7H11N/c1-6-4-8-5-7(6,2)3/h4-5H,1-3H3. The Balaban J connectivity index is 2.87. The maximum Gasteiger partial charge on any atom is 0.0262 e. The Bertz CT molecular complexity index is 152. The van der Waals surface area contributed by atoms with Crippen LogP contribution >= 0.6 is 0 Å². The van der Waals surface area contributed by atoms with E-state index >= 15 is 0 Å². The summed E-state index contributed by atoms with van der Waals surface area (Å²) >= 11 is 0. The average molecular weight is 109 g/mol. The first-order valence-corrected chi connectivity index (χ1v) is 2.84. The maximum absolute atomic E-state index is 4.03. The zero-order chi connectivity index (χ0) is 6.20. The molecule has 0 aliphatic carbocycles. The molecule has 1 heterocycles. The lowest BCUT2D eigenvalue weighted by molar-refractivity contribution is 0.655. The van der Waals surface area contributed by atoms with Crippen molar-refractivity contribution in [2.75, 3.05) is 0 Å². The van der Waals surface area contributed by atoms with E-state index in [1.165, 1.54) is 5.57 Å². The third kappa shape index (κ3) is 0.683. The van der Waals surface area contributed by atoms with Crippen LogP contribution in [0.4, 0.5) is 0 Å². The Hall–Kier alpha value is -0.590. The predicted octanol–water partition coefficient (Wildman–Crippen LogP) is 2.00. The summed E-state index contributed by atoms with van der Waals surface area (Å²) < 4.78 is 0. The molecule has 0 spiro atoms. The molecule has 1 heteroatoms. The minimum atomic E-state index is 0.222. The Kier molecular flexibility index (Phi) is 0.999. The first kappa shape index (κ1) is 5.54. The Morgan fingerprint density at radius 2 is 2.12 bits per heavy atom. The molecule has 0 bridgehead atoms. The molecule has 0 N–H and O–H groups in total. The van der Waals surface area contributed by atoms with Gasteiger partial charge in [-0.05, 0) is 12.5 Å². The van der Waals surface area contributed by atoms with E-state index in [2.05, 4.69) is 25.8 Å². The maximum atomic E-state index is 4.03. The summed E-state index contributed by atoms with van der Waals surface area (Å²) in [6.45, 7) is 6.43. The number of hydrogen-bond acceptors (Lipinski definition) is 1. The van der Waals surface area contributed by atoms with Crippen LogP contribution in [0.3, 0.4) is 0 Å². The van der Waals surface area contributed by atoms with Crippen LogP contribution in [0.15, 0.2) is 16.8 Å². The monoisotopic (exact) mass is 109 g/mol. The van der Waals surface area contributed by atoms with Crippen molar-refractivity contribution in [1.29, 1.82) is 0 Å². The zero-order valence-electron chi connectivity index (χ0n) is 5.60. The molecule has 1 rings (SSSR count). The summed E-state index contributed by atoms with van der Waals surface area (Å²) in [7, 11) is 0. The van der Waals surface area contributed by atoms with Gasteiger partial charge >= 0.3 is 0 Å². The van der Waals surface area contributed by atoms with Gasteiger partial charge in [-0.25, -0.2) is 0 Å². The van der Waals surface area contributed by atoms with Crippen LogP contribution in [-0.4, -0.2) is 6.21 Å². The SMILES string of the molecule is CC1=CN=CC1(C)C. The van der Waals surface area contributed by atoms with Gasteiger partial charge in [0, 0.05) is 17.8 Å². The van der Waals surface area contributed by atoms with Gasteiger partial charge in [0.1, 0.15) is 0 Å². The molecule has 8 heavy (non-hydrogen) atoms. The van der Waals surface area contributed by atoms with Crippen LogP contribution in [0.5, 0.6) is 0 Å². The Morgan fingerprint density at radius 3 is 2.25 bits per heavy atom. The normalized spacial score (nSPS) is 23.6. The first-order chi connectivity index (χ1) is 3.63. The molecule has 0 aromatic heterocycles. The summed E-state index contributed by atoms with van der Waals surface area (Å²) in [5, 5.41) is 0. The fourth-order valence-electron chi connectivity index (χ4n) is 0.604. The molecule has 0 unspecified atom stereocenters. The van der Waals surface area contributed by atoms with Gasteiger partial charge in [0.25, 0.3) is 0 Å². The van der Waals surface area contributed by atoms with E-state index in [0.29, 0.717) is 0 Å². The number of rotatable bonds is 0. The van der Waals surface area contributed by atoms with Gasteiger partial charge in [-0.1, -0.05) is 13.8 Å². The molecular weight excluding hydrogens is 98.1 g/mol. The molecule has 1 nitrogen and oxygen atoms in total. The van der Waals surface area contributed by atoms with E-state index in [-0.39, 0.29) is 5.41 Å². The molecule has 0 saturated carbocycles. The fraction of sp³-hybridized carbons (Fsp3) is 0.571. The van der Waals surface area contributed by atoms with E-state index in [9.17, 15) is 0 Å². The molecule has 44 valence electrons. The van der Waals surface area contributed by atoms with Crippen molar-refractivity contribution in [3.05, 3.63) is 11.8 Å². The average Bonchev–Trinajstić information content (AvgIpc) is 1.86. The zero-order valence-corrected chi connectivity index (χ0v) is 5.60. The lowest BCUT2D eigenvalue weighted by Crippen LogP contribution is -2.10. The van der Waals surface area contributed by atoms with E-state index in [1.54, 1.807) is 0 Å². The van der Waals surface area contributed by atoms with Gasteiger partial charge < -0.3 is 0 Å². The molecule has 0 fully saturated rings. The fourth-order valence-corrected chi connectivity index (χ4v) is 0.604. The number of nitrogens with zero attached hydrogens (tertiary/aromatic N) is 1. The molecule has 0 amide bonds. The van der Waals surface area contributed by atoms with Crippen LogP contribution in [0.25, 0.3) is 0 Å². The first-order valence-electron chi connectivity index (χ1n) is 2.84. The highest BCUT2D eigenvalue weighted by molar-refractivity contribution is 5.72. The van der Waals surface area contributed by atoms with Crippen molar-refractivity contribution < 1.29 is 0 Å².